The van der Waals surface area contributed by atoms with Crippen LogP contribution in [0.15, 0.2) is 36.4 Å². The largest absolute Gasteiger partial charge is 0.493 e. The molecule has 0 saturated heterocycles. The van der Waals surface area contributed by atoms with Crippen LogP contribution in [0.1, 0.15) is 17.3 Å². The maximum atomic E-state index is 13.6. The lowest BCUT2D eigenvalue weighted by Gasteiger charge is -2.16. The van der Waals surface area contributed by atoms with Gasteiger partial charge in [-0.2, -0.15) is 0 Å². The van der Waals surface area contributed by atoms with Crippen LogP contribution >= 0.6 is 0 Å². The number of nitrogens with one attached hydrogen (secondary N) is 1. The molecule has 26 heavy (non-hydrogen) atoms. The van der Waals surface area contributed by atoms with Gasteiger partial charge in [0.2, 0.25) is 0 Å². The zero-order chi connectivity index (χ0) is 19.3. The van der Waals surface area contributed by atoms with E-state index < -0.39 is 29.6 Å². The summed E-state index contributed by atoms with van der Waals surface area (Å²) >= 11 is 0. The van der Waals surface area contributed by atoms with E-state index in [2.05, 4.69) is 5.32 Å². The van der Waals surface area contributed by atoms with Crippen molar-refractivity contribution < 1.29 is 32.6 Å². The Bertz CT molecular complexity index is 825. The van der Waals surface area contributed by atoms with Crippen molar-refractivity contribution in [2.75, 3.05) is 19.5 Å². The lowest BCUT2D eigenvalue weighted by molar-refractivity contribution is -0.123. The van der Waals surface area contributed by atoms with Crippen molar-refractivity contribution >= 4 is 17.6 Å². The van der Waals surface area contributed by atoms with Gasteiger partial charge in [-0.25, -0.2) is 13.6 Å². The minimum absolute atomic E-state index is 0.0689. The van der Waals surface area contributed by atoms with Crippen LogP contribution in [0.4, 0.5) is 14.5 Å². The number of ether oxygens (including phenoxy) is 3. The van der Waals surface area contributed by atoms with Crippen LogP contribution in [0, 0.1) is 11.6 Å². The van der Waals surface area contributed by atoms with E-state index in [4.69, 9.17) is 14.2 Å². The molecule has 0 heterocycles. The fourth-order valence-corrected chi connectivity index (χ4v) is 2.15. The number of carbonyl (C=O) groups is 2. The highest BCUT2D eigenvalue weighted by Crippen LogP contribution is 2.31. The van der Waals surface area contributed by atoms with Crippen molar-refractivity contribution in [3.63, 3.8) is 0 Å². The fraction of sp³-hybridized carbons (Fsp3) is 0.222. The molecule has 8 heteroatoms. The smallest absolute Gasteiger partial charge is 0.342 e. The first-order valence-electron chi connectivity index (χ1n) is 7.55. The molecule has 0 aliphatic carbocycles. The minimum Gasteiger partial charge on any atom is -0.493 e. The Balaban J connectivity index is 2.10. The zero-order valence-electron chi connectivity index (χ0n) is 14.3. The second kappa shape index (κ2) is 8.28. The van der Waals surface area contributed by atoms with Gasteiger partial charge in [0.05, 0.1) is 19.9 Å². The topological polar surface area (TPSA) is 73.9 Å². The Morgan fingerprint density at radius 2 is 1.81 bits per heavy atom. The fourth-order valence-electron chi connectivity index (χ4n) is 2.15. The van der Waals surface area contributed by atoms with Gasteiger partial charge in [0.25, 0.3) is 5.91 Å². The molecule has 0 bridgehead atoms. The number of esters is 1. The van der Waals surface area contributed by atoms with Gasteiger partial charge < -0.3 is 19.5 Å². The van der Waals surface area contributed by atoms with E-state index in [-0.39, 0.29) is 17.0 Å². The van der Waals surface area contributed by atoms with Crippen molar-refractivity contribution in [1.82, 2.24) is 0 Å². The highest BCUT2D eigenvalue weighted by molar-refractivity contribution is 5.98. The van der Waals surface area contributed by atoms with Gasteiger partial charge in [0.15, 0.2) is 17.6 Å². The number of amides is 1. The van der Waals surface area contributed by atoms with Crippen LogP contribution in [0.5, 0.6) is 11.5 Å². The Hall–Kier alpha value is -3.16. The maximum Gasteiger partial charge on any atom is 0.342 e. The molecule has 0 radical (unpaired) electrons. The SMILES string of the molecule is COc1cccc(C(=O)OC(C)C(=O)Nc2ccc(F)cc2F)c1OC. The van der Waals surface area contributed by atoms with Crippen LogP contribution in [0.2, 0.25) is 0 Å². The summed E-state index contributed by atoms with van der Waals surface area (Å²) < 4.78 is 41.8. The second-order valence-corrected chi connectivity index (χ2v) is 5.20. The number of methoxy groups -OCH3 is 2. The number of halogens is 2. The summed E-state index contributed by atoms with van der Waals surface area (Å²) in [4.78, 5) is 24.4. The minimum atomic E-state index is -1.23. The van der Waals surface area contributed by atoms with Crippen molar-refractivity contribution in [3.8, 4) is 11.5 Å². The first-order valence-corrected chi connectivity index (χ1v) is 7.55. The standard InChI is InChI=1S/C18H17F2NO5/c1-10(17(22)21-14-8-7-11(19)9-13(14)20)26-18(23)12-5-4-6-15(24-2)16(12)25-3/h4-10H,1-3H3,(H,21,22). The highest BCUT2D eigenvalue weighted by atomic mass is 19.1. The van der Waals surface area contributed by atoms with Crippen LogP contribution in [0.3, 0.4) is 0 Å². The van der Waals surface area contributed by atoms with Crippen molar-refractivity contribution in [2.24, 2.45) is 0 Å². The number of anilines is 1. The molecular formula is C18H17F2NO5. The predicted octanol–water partition coefficient (Wildman–Crippen LogP) is 3.17. The molecule has 2 aromatic carbocycles. The molecular weight excluding hydrogens is 348 g/mol. The molecule has 0 aliphatic rings. The number of carbonyl (C=O) groups excluding carboxylic acids is 2. The molecule has 0 fully saturated rings. The third-order valence-electron chi connectivity index (χ3n) is 3.46. The van der Waals surface area contributed by atoms with Gasteiger partial charge >= 0.3 is 5.97 Å². The van der Waals surface area contributed by atoms with Gasteiger partial charge in [-0.1, -0.05) is 6.07 Å². The molecule has 138 valence electrons. The molecule has 0 aliphatic heterocycles. The Morgan fingerprint density at radius 1 is 1.08 bits per heavy atom. The molecule has 0 saturated carbocycles. The highest BCUT2D eigenvalue weighted by Gasteiger charge is 2.23. The molecule has 1 N–H and O–H groups in total. The molecule has 1 atom stereocenters. The molecule has 0 aromatic heterocycles. The maximum absolute atomic E-state index is 13.6. The quantitative estimate of drug-likeness (QED) is 0.796. The van der Waals surface area contributed by atoms with Crippen molar-refractivity contribution in [2.45, 2.75) is 13.0 Å². The predicted molar refractivity (Wildman–Crippen MR) is 89.4 cm³/mol. The lowest BCUT2D eigenvalue weighted by Crippen LogP contribution is -2.30. The van der Waals surface area contributed by atoms with Crippen molar-refractivity contribution in [3.05, 3.63) is 53.6 Å². The molecule has 0 spiro atoms. The van der Waals surface area contributed by atoms with E-state index in [1.807, 2.05) is 0 Å². The van der Waals surface area contributed by atoms with E-state index >= 15 is 0 Å². The Labute approximate surface area is 148 Å². The molecule has 1 amide bonds. The van der Waals surface area contributed by atoms with Crippen LogP contribution in [-0.4, -0.2) is 32.2 Å². The first kappa shape index (κ1) is 19.2. The number of hydrogen-bond donors (Lipinski definition) is 1. The van der Waals surface area contributed by atoms with E-state index in [0.717, 1.165) is 12.1 Å². The van der Waals surface area contributed by atoms with Gasteiger partial charge in [-0.3, -0.25) is 4.79 Å². The average molecular weight is 365 g/mol. The lowest BCUT2D eigenvalue weighted by atomic mass is 10.2. The molecule has 1 unspecified atom stereocenters. The van der Waals surface area contributed by atoms with Gasteiger partial charge in [0.1, 0.15) is 17.2 Å². The molecule has 2 rings (SSSR count). The summed E-state index contributed by atoms with van der Waals surface area (Å²) in [6, 6.07) is 7.32. The van der Waals surface area contributed by atoms with E-state index in [9.17, 15) is 18.4 Å². The first-order chi connectivity index (χ1) is 12.4. The summed E-state index contributed by atoms with van der Waals surface area (Å²) in [5.74, 6) is -2.81. The van der Waals surface area contributed by atoms with E-state index in [0.29, 0.717) is 11.8 Å². The Kier molecular flexibility index (Phi) is 6.11. The number of rotatable bonds is 6. The summed E-state index contributed by atoms with van der Waals surface area (Å²) in [7, 11) is 2.78. The second-order valence-electron chi connectivity index (χ2n) is 5.20. The summed E-state index contributed by atoms with van der Waals surface area (Å²) in [5.41, 5.74) is -0.155. The van der Waals surface area contributed by atoms with Crippen LogP contribution in [-0.2, 0) is 9.53 Å². The summed E-state index contributed by atoms with van der Waals surface area (Å²) in [6.07, 6.45) is -1.23. The number of hydrogen-bond acceptors (Lipinski definition) is 5. The van der Waals surface area contributed by atoms with Gasteiger partial charge in [-0.05, 0) is 31.2 Å². The van der Waals surface area contributed by atoms with Crippen LogP contribution < -0.4 is 14.8 Å². The number of benzene rings is 2. The molecule has 2 aromatic rings. The van der Waals surface area contributed by atoms with Crippen LogP contribution in [0.25, 0.3) is 0 Å². The number of para-hydroxylation sites is 1. The summed E-state index contributed by atoms with van der Waals surface area (Å²) in [6.45, 7) is 1.32. The normalized spacial score (nSPS) is 11.4. The zero-order valence-corrected chi connectivity index (χ0v) is 14.3. The molecule has 6 nitrogen and oxygen atoms in total. The van der Waals surface area contributed by atoms with E-state index in [1.165, 1.54) is 27.2 Å². The van der Waals surface area contributed by atoms with Gasteiger partial charge in [-0.15, -0.1) is 0 Å². The summed E-state index contributed by atoms with van der Waals surface area (Å²) in [5, 5.41) is 2.23. The van der Waals surface area contributed by atoms with Gasteiger partial charge in [0, 0.05) is 6.07 Å². The Morgan fingerprint density at radius 3 is 2.42 bits per heavy atom. The third kappa shape index (κ3) is 4.27. The van der Waals surface area contributed by atoms with E-state index in [1.54, 1.807) is 12.1 Å². The third-order valence-corrected chi connectivity index (χ3v) is 3.46. The monoisotopic (exact) mass is 365 g/mol. The van der Waals surface area contributed by atoms with Crippen molar-refractivity contribution in [1.29, 1.82) is 0 Å². The average Bonchev–Trinajstić information content (AvgIpc) is 2.62.